The maximum atomic E-state index is 12.3. The number of rotatable bonds is 39. The van der Waals surface area contributed by atoms with Crippen LogP contribution in [0.4, 0.5) is 0 Å². The molecule has 0 aromatic rings. The van der Waals surface area contributed by atoms with Crippen LogP contribution in [-0.4, -0.2) is 46.3 Å². The van der Waals surface area contributed by atoms with Crippen LogP contribution < -0.4 is 0 Å². The predicted octanol–water partition coefficient (Wildman–Crippen LogP) is 12.3. The second kappa shape index (κ2) is 36.7. The van der Waals surface area contributed by atoms with Crippen LogP contribution >= 0.6 is 0 Å². The van der Waals surface area contributed by atoms with E-state index in [1.807, 2.05) is 0 Å². The number of esters is 2. The Morgan fingerprint density at radius 2 is 0.520 bits per heavy atom. The van der Waals surface area contributed by atoms with Gasteiger partial charge in [-0.15, -0.1) is 0 Å². The van der Waals surface area contributed by atoms with Gasteiger partial charge in [0.25, 0.3) is 0 Å². The first-order chi connectivity index (χ1) is 24.3. The highest BCUT2D eigenvalue weighted by Crippen LogP contribution is 2.17. The van der Waals surface area contributed by atoms with Gasteiger partial charge in [-0.3, -0.25) is 9.59 Å². The van der Waals surface area contributed by atoms with Crippen molar-refractivity contribution in [2.45, 2.75) is 244 Å². The van der Waals surface area contributed by atoms with E-state index in [-0.39, 0.29) is 12.8 Å². The van der Waals surface area contributed by atoms with E-state index in [4.69, 9.17) is 9.47 Å². The SMILES string of the molecule is CCCCCCCCCCCCCCCCCCC(=O)OC(C(=O)O)C(OC(=O)CCCCCCCCCCCCCCCCCC)C(=O)O. The van der Waals surface area contributed by atoms with Crippen molar-refractivity contribution < 1.29 is 38.9 Å². The number of ether oxygens (including phenoxy) is 2. The van der Waals surface area contributed by atoms with Crippen LogP contribution in [0.1, 0.15) is 232 Å². The smallest absolute Gasteiger partial charge is 0.349 e. The molecule has 0 saturated heterocycles. The van der Waals surface area contributed by atoms with Gasteiger partial charge in [0.05, 0.1) is 0 Å². The molecule has 0 bridgehead atoms. The van der Waals surface area contributed by atoms with E-state index in [0.717, 1.165) is 38.5 Å². The van der Waals surface area contributed by atoms with Crippen molar-refractivity contribution >= 4 is 23.9 Å². The molecule has 0 saturated carbocycles. The molecule has 8 heteroatoms. The van der Waals surface area contributed by atoms with Gasteiger partial charge in [-0.25, -0.2) is 9.59 Å². The molecule has 0 rings (SSSR count). The third-order valence-corrected chi connectivity index (χ3v) is 9.75. The summed E-state index contributed by atoms with van der Waals surface area (Å²) in [5, 5.41) is 19.1. The Morgan fingerprint density at radius 1 is 0.340 bits per heavy atom. The molecule has 0 aliphatic carbocycles. The summed E-state index contributed by atoms with van der Waals surface area (Å²) in [5.74, 6) is -4.87. The molecule has 0 aliphatic heterocycles. The Labute approximate surface area is 306 Å². The largest absolute Gasteiger partial charge is 0.478 e. The molecule has 2 N–H and O–H groups in total. The van der Waals surface area contributed by atoms with Gasteiger partial charge in [0.1, 0.15) is 0 Å². The van der Waals surface area contributed by atoms with Gasteiger partial charge in [-0.2, -0.15) is 0 Å². The van der Waals surface area contributed by atoms with E-state index in [1.54, 1.807) is 0 Å². The fourth-order valence-electron chi connectivity index (χ4n) is 6.52. The first-order valence-corrected chi connectivity index (χ1v) is 21.2. The van der Waals surface area contributed by atoms with Crippen molar-refractivity contribution in [3.8, 4) is 0 Å². The van der Waals surface area contributed by atoms with Gasteiger partial charge >= 0.3 is 23.9 Å². The van der Waals surface area contributed by atoms with Crippen LogP contribution in [0.25, 0.3) is 0 Å². The molecular formula is C42H78O8. The van der Waals surface area contributed by atoms with Crippen LogP contribution in [0.5, 0.6) is 0 Å². The quantitative estimate of drug-likeness (QED) is 0.0476. The molecule has 0 fully saturated rings. The van der Waals surface area contributed by atoms with Crippen molar-refractivity contribution in [3.05, 3.63) is 0 Å². The van der Waals surface area contributed by atoms with E-state index in [1.165, 1.54) is 154 Å². The molecular weight excluding hydrogens is 632 g/mol. The van der Waals surface area contributed by atoms with Gasteiger partial charge in [-0.1, -0.05) is 206 Å². The molecule has 294 valence electrons. The second-order valence-electron chi connectivity index (χ2n) is 14.6. The van der Waals surface area contributed by atoms with E-state index in [2.05, 4.69) is 13.8 Å². The minimum absolute atomic E-state index is 0.00169. The number of hydrogen-bond acceptors (Lipinski definition) is 6. The topological polar surface area (TPSA) is 127 Å². The van der Waals surface area contributed by atoms with Crippen molar-refractivity contribution in [3.63, 3.8) is 0 Å². The minimum Gasteiger partial charge on any atom is -0.478 e. The average Bonchev–Trinajstić information content (AvgIpc) is 3.09. The number of unbranched alkanes of at least 4 members (excludes halogenated alkanes) is 30. The summed E-state index contributed by atoms with van der Waals surface area (Å²) in [6.45, 7) is 4.50. The second-order valence-corrected chi connectivity index (χ2v) is 14.6. The molecule has 2 atom stereocenters. The standard InChI is InChI=1S/C42H78O8/c1-3-5-7-9-11-13-15-17-19-21-23-25-27-29-31-33-35-37(43)49-39(41(45)46)40(42(47)48)50-38(44)36-34-32-30-28-26-24-22-20-18-16-14-12-10-8-6-4-2/h39-40H,3-36H2,1-2H3,(H,45,46)(H,47,48). The van der Waals surface area contributed by atoms with E-state index in [9.17, 15) is 29.4 Å². The number of carboxylic acids is 2. The molecule has 0 aromatic heterocycles. The Bertz CT molecular complexity index is 748. The van der Waals surface area contributed by atoms with Crippen LogP contribution in [0.15, 0.2) is 0 Å². The normalized spacial score (nSPS) is 12.4. The molecule has 0 heterocycles. The van der Waals surface area contributed by atoms with Gasteiger partial charge in [0.15, 0.2) is 0 Å². The first-order valence-electron chi connectivity index (χ1n) is 21.2. The highest BCUT2D eigenvalue weighted by atomic mass is 16.6. The lowest BCUT2D eigenvalue weighted by Crippen LogP contribution is -2.45. The summed E-state index contributed by atoms with van der Waals surface area (Å²) >= 11 is 0. The Hall–Kier alpha value is -2.12. The van der Waals surface area contributed by atoms with Crippen LogP contribution in [-0.2, 0) is 28.7 Å². The molecule has 2 unspecified atom stereocenters. The molecule has 0 radical (unpaired) electrons. The van der Waals surface area contributed by atoms with Crippen molar-refractivity contribution in [2.75, 3.05) is 0 Å². The van der Waals surface area contributed by atoms with E-state index < -0.39 is 36.1 Å². The van der Waals surface area contributed by atoms with Crippen LogP contribution in [0.3, 0.4) is 0 Å². The molecule has 0 spiro atoms. The lowest BCUT2D eigenvalue weighted by molar-refractivity contribution is -0.187. The summed E-state index contributed by atoms with van der Waals surface area (Å²) < 4.78 is 10.00. The zero-order valence-electron chi connectivity index (χ0n) is 32.5. The summed E-state index contributed by atoms with van der Waals surface area (Å²) in [6.07, 6.45) is 34.4. The van der Waals surface area contributed by atoms with E-state index >= 15 is 0 Å². The molecule has 0 amide bonds. The minimum atomic E-state index is -2.07. The summed E-state index contributed by atoms with van der Waals surface area (Å²) in [6, 6.07) is 0. The lowest BCUT2D eigenvalue weighted by atomic mass is 10.0. The summed E-state index contributed by atoms with van der Waals surface area (Å²) in [7, 11) is 0. The maximum absolute atomic E-state index is 12.3. The maximum Gasteiger partial charge on any atom is 0.349 e. The number of aliphatic carboxylic acids is 2. The van der Waals surface area contributed by atoms with Crippen molar-refractivity contribution in [2.24, 2.45) is 0 Å². The average molecular weight is 711 g/mol. The van der Waals surface area contributed by atoms with Gasteiger partial charge < -0.3 is 19.7 Å². The fraction of sp³-hybridized carbons (Fsp3) is 0.905. The molecule has 50 heavy (non-hydrogen) atoms. The Kier molecular flexibility index (Phi) is 35.1. The number of carbonyl (C=O) groups excluding carboxylic acids is 2. The van der Waals surface area contributed by atoms with Crippen LogP contribution in [0.2, 0.25) is 0 Å². The monoisotopic (exact) mass is 711 g/mol. The predicted molar refractivity (Wildman–Crippen MR) is 203 cm³/mol. The van der Waals surface area contributed by atoms with Crippen molar-refractivity contribution in [1.82, 2.24) is 0 Å². The fourth-order valence-corrected chi connectivity index (χ4v) is 6.52. The van der Waals surface area contributed by atoms with Gasteiger partial charge in [0, 0.05) is 12.8 Å². The zero-order chi connectivity index (χ0) is 36.9. The van der Waals surface area contributed by atoms with E-state index in [0.29, 0.717) is 12.8 Å². The summed E-state index contributed by atoms with van der Waals surface area (Å²) in [5.41, 5.74) is 0. The third kappa shape index (κ3) is 31.8. The number of carbonyl (C=O) groups is 4. The molecule has 0 aromatic carbocycles. The Balaban J connectivity index is 3.95. The highest BCUT2D eigenvalue weighted by molar-refractivity contribution is 5.87. The molecule has 0 aliphatic rings. The van der Waals surface area contributed by atoms with Crippen molar-refractivity contribution in [1.29, 1.82) is 0 Å². The highest BCUT2D eigenvalue weighted by Gasteiger charge is 2.40. The first kappa shape index (κ1) is 47.9. The number of carboxylic acid groups (broad SMARTS) is 2. The molecule has 8 nitrogen and oxygen atoms in total. The number of hydrogen-bond donors (Lipinski definition) is 2. The van der Waals surface area contributed by atoms with Crippen LogP contribution in [0, 0.1) is 0 Å². The van der Waals surface area contributed by atoms with Gasteiger partial charge in [0.2, 0.25) is 12.2 Å². The van der Waals surface area contributed by atoms with Gasteiger partial charge in [-0.05, 0) is 12.8 Å². The lowest BCUT2D eigenvalue weighted by Gasteiger charge is -2.21. The Morgan fingerprint density at radius 3 is 0.700 bits per heavy atom. The zero-order valence-corrected chi connectivity index (χ0v) is 32.5. The summed E-state index contributed by atoms with van der Waals surface area (Å²) in [4.78, 5) is 48.2. The third-order valence-electron chi connectivity index (χ3n) is 9.75.